The van der Waals surface area contributed by atoms with Crippen LogP contribution < -0.4 is 14.9 Å². The summed E-state index contributed by atoms with van der Waals surface area (Å²) in [6.07, 6.45) is 3.27. The van der Waals surface area contributed by atoms with Gasteiger partial charge >= 0.3 is 0 Å². The molecule has 0 fully saturated rings. The number of nitrogens with zero attached hydrogens (tertiary/aromatic N) is 3. The van der Waals surface area contributed by atoms with E-state index >= 15 is 0 Å². The lowest BCUT2D eigenvalue weighted by Crippen LogP contribution is -2.18. The molecule has 1 amide bonds. The summed E-state index contributed by atoms with van der Waals surface area (Å²) in [6, 6.07) is 14.9. The van der Waals surface area contributed by atoms with Crippen LogP contribution in [-0.4, -0.2) is 36.1 Å². The summed E-state index contributed by atoms with van der Waals surface area (Å²) < 4.78 is 13.2. The molecule has 0 radical (unpaired) electrons. The Bertz CT molecular complexity index is 983. The number of hydrogen-bond acceptors (Lipinski definition) is 5. The highest BCUT2D eigenvalue weighted by Gasteiger charge is 2.09. The molecule has 1 N–H and O–H groups in total. The van der Waals surface area contributed by atoms with E-state index in [9.17, 15) is 4.79 Å². The molecule has 2 aromatic carbocycles. The van der Waals surface area contributed by atoms with E-state index in [-0.39, 0.29) is 5.69 Å². The third kappa shape index (κ3) is 4.98. The number of carbonyl (C=O) groups excluding carboxylic acids is 1. The van der Waals surface area contributed by atoms with Crippen molar-refractivity contribution in [2.75, 3.05) is 14.2 Å². The van der Waals surface area contributed by atoms with Crippen molar-refractivity contribution < 1.29 is 14.3 Å². The molecule has 0 saturated carbocycles. The summed E-state index contributed by atoms with van der Waals surface area (Å²) in [7, 11) is 3.14. The van der Waals surface area contributed by atoms with Gasteiger partial charge in [-0.25, -0.2) is 5.43 Å². The van der Waals surface area contributed by atoms with Gasteiger partial charge in [0, 0.05) is 22.3 Å². The molecule has 7 nitrogen and oxygen atoms in total. The summed E-state index contributed by atoms with van der Waals surface area (Å²) in [5.41, 5.74) is 4.56. The number of aromatic nitrogens is 2. The van der Waals surface area contributed by atoms with Gasteiger partial charge in [-0.05, 0) is 35.9 Å². The number of ether oxygens (including phenoxy) is 2. The van der Waals surface area contributed by atoms with Crippen molar-refractivity contribution in [3.8, 4) is 11.5 Å². The molecule has 1 aromatic heterocycles. The predicted molar refractivity (Wildman–Crippen MR) is 110 cm³/mol. The van der Waals surface area contributed by atoms with Crippen molar-refractivity contribution in [1.29, 1.82) is 0 Å². The molecule has 0 unspecified atom stereocenters. The van der Waals surface area contributed by atoms with Gasteiger partial charge in [0.15, 0.2) is 5.69 Å². The number of carbonyl (C=O) groups is 1. The average Bonchev–Trinajstić information content (AvgIpc) is 3.18. The van der Waals surface area contributed by atoms with E-state index < -0.39 is 5.91 Å². The summed E-state index contributed by atoms with van der Waals surface area (Å²) in [4.78, 5) is 12.2. The lowest BCUT2D eigenvalue weighted by atomic mass is 10.2. The maximum atomic E-state index is 12.2. The molecule has 3 aromatic rings. The van der Waals surface area contributed by atoms with Crippen LogP contribution in [0.2, 0.25) is 0 Å². The summed E-state index contributed by atoms with van der Waals surface area (Å²) in [6.45, 7) is 0.576. The molecule has 0 atom stereocenters. The maximum absolute atomic E-state index is 12.2. The highest BCUT2D eigenvalue weighted by Crippen LogP contribution is 2.23. The highest BCUT2D eigenvalue weighted by molar-refractivity contribution is 9.10. The normalized spacial score (nSPS) is 10.8. The molecule has 3 rings (SSSR count). The molecule has 0 aliphatic heterocycles. The molecule has 144 valence electrons. The number of benzene rings is 2. The lowest BCUT2D eigenvalue weighted by Gasteiger charge is -2.06. The van der Waals surface area contributed by atoms with Crippen LogP contribution in [0, 0.1) is 0 Å². The Morgan fingerprint density at radius 3 is 2.68 bits per heavy atom. The van der Waals surface area contributed by atoms with Gasteiger partial charge in [0.05, 0.1) is 27.0 Å². The summed E-state index contributed by atoms with van der Waals surface area (Å²) >= 11 is 3.41. The fraction of sp³-hybridized carbons (Fsp3) is 0.150. The topological polar surface area (TPSA) is 77.7 Å². The first-order valence-corrected chi connectivity index (χ1v) is 9.21. The van der Waals surface area contributed by atoms with E-state index in [1.54, 1.807) is 49.4 Å². The van der Waals surface area contributed by atoms with E-state index in [1.165, 1.54) is 6.21 Å². The Morgan fingerprint density at radius 2 is 1.96 bits per heavy atom. The van der Waals surface area contributed by atoms with Crippen LogP contribution in [-0.2, 0) is 6.54 Å². The van der Waals surface area contributed by atoms with E-state index in [1.807, 2.05) is 24.3 Å². The molecular weight excluding hydrogens is 424 g/mol. The number of hydrazone groups is 1. The third-order valence-corrected chi connectivity index (χ3v) is 4.47. The zero-order valence-corrected chi connectivity index (χ0v) is 17.0. The van der Waals surface area contributed by atoms with Crippen molar-refractivity contribution >= 4 is 28.1 Å². The Balaban J connectivity index is 1.61. The van der Waals surface area contributed by atoms with Crippen molar-refractivity contribution in [2.24, 2.45) is 5.10 Å². The fourth-order valence-electron chi connectivity index (χ4n) is 2.49. The van der Waals surface area contributed by atoms with Crippen molar-refractivity contribution in [1.82, 2.24) is 15.2 Å². The molecule has 0 bridgehead atoms. The van der Waals surface area contributed by atoms with Crippen LogP contribution in [0.4, 0.5) is 0 Å². The molecule has 0 saturated heterocycles. The highest BCUT2D eigenvalue weighted by atomic mass is 79.9. The van der Waals surface area contributed by atoms with Crippen molar-refractivity contribution in [3.05, 3.63) is 76.0 Å². The van der Waals surface area contributed by atoms with Gasteiger partial charge in [-0.1, -0.05) is 28.1 Å². The minimum Gasteiger partial charge on any atom is -0.497 e. The quantitative estimate of drug-likeness (QED) is 0.448. The minimum atomic E-state index is -0.390. The first-order valence-electron chi connectivity index (χ1n) is 8.42. The monoisotopic (exact) mass is 442 g/mol. The first-order chi connectivity index (χ1) is 13.6. The number of rotatable bonds is 7. The predicted octanol–water partition coefficient (Wildman–Crippen LogP) is 3.48. The molecule has 28 heavy (non-hydrogen) atoms. The molecule has 0 aliphatic rings. The second kappa shape index (κ2) is 9.18. The maximum Gasteiger partial charge on any atom is 0.291 e. The second-order valence-electron chi connectivity index (χ2n) is 5.83. The smallest absolute Gasteiger partial charge is 0.291 e. The average molecular weight is 443 g/mol. The van der Waals surface area contributed by atoms with Gasteiger partial charge in [-0.2, -0.15) is 10.2 Å². The number of methoxy groups -OCH3 is 2. The number of halogens is 1. The zero-order chi connectivity index (χ0) is 19.9. The van der Waals surface area contributed by atoms with Crippen LogP contribution in [0.5, 0.6) is 11.5 Å². The van der Waals surface area contributed by atoms with Gasteiger partial charge in [-0.15, -0.1) is 0 Å². The van der Waals surface area contributed by atoms with Gasteiger partial charge in [0.2, 0.25) is 0 Å². The van der Waals surface area contributed by atoms with Crippen LogP contribution in [0.3, 0.4) is 0 Å². The van der Waals surface area contributed by atoms with E-state index in [2.05, 4.69) is 31.6 Å². The van der Waals surface area contributed by atoms with Crippen LogP contribution >= 0.6 is 15.9 Å². The van der Waals surface area contributed by atoms with Gasteiger partial charge < -0.3 is 9.47 Å². The fourth-order valence-corrected chi connectivity index (χ4v) is 2.75. The molecular formula is C20H19BrN4O3. The Hall–Kier alpha value is -3.13. The molecule has 8 heteroatoms. The Kier molecular flexibility index (Phi) is 6.44. The number of hydrogen-bond donors (Lipinski definition) is 1. The van der Waals surface area contributed by atoms with Gasteiger partial charge in [-0.3, -0.25) is 9.48 Å². The summed E-state index contributed by atoms with van der Waals surface area (Å²) in [5.74, 6) is 0.878. The molecule has 0 aliphatic carbocycles. The standard InChI is InChI=1S/C20H19BrN4O3/c1-27-17-8-5-15(19(11-17)28-2)12-22-23-20(26)18-9-10-25(24-18)13-14-3-6-16(21)7-4-14/h3-12H,13H2,1-2H3,(H,23,26)/b22-12+. The van der Waals surface area contributed by atoms with Gasteiger partial charge in [0.25, 0.3) is 5.91 Å². The van der Waals surface area contributed by atoms with E-state index in [0.717, 1.165) is 10.0 Å². The second-order valence-corrected chi connectivity index (χ2v) is 6.75. The number of nitrogens with one attached hydrogen (secondary N) is 1. The van der Waals surface area contributed by atoms with Crippen LogP contribution in [0.1, 0.15) is 21.6 Å². The SMILES string of the molecule is COc1ccc(/C=N/NC(=O)c2ccn(Cc3ccc(Br)cc3)n2)c(OC)c1. The van der Waals surface area contributed by atoms with Crippen molar-refractivity contribution in [2.45, 2.75) is 6.54 Å². The Morgan fingerprint density at radius 1 is 1.18 bits per heavy atom. The summed E-state index contributed by atoms with van der Waals surface area (Å²) in [5, 5.41) is 8.27. The van der Waals surface area contributed by atoms with Crippen LogP contribution in [0.25, 0.3) is 0 Å². The van der Waals surface area contributed by atoms with E-state index in [0.29, 0.717) is 23.6 Å². The Labute approximate surface area is 171 Å². The third-order valence-electron chi connectivity index (χ3n) is 3.94. The molecule has 0 spiro atoms. The number of amides is 1. The zero-order valence-electron chi connectivity index (χ0n) is 15.4. The van der Waals surface area contributed by atoms with E-state index in [4.69, 9.17) is 9.47 Å². The lowest BCUT2D eigenvalue weighted by molar-refractivity contribution is 0.0949. The minimum absolute atomic E-state index is 0.288. The molecule has 1 heterocycles. The van der Waals surface area contributed by atoms with Crippen LogP contribution in [0.15, 0.2) is 64.3 Å². The van der Waals surface area contributed by atoms with Crippen molar-refractivity contribution in [3.63, 3.8) is 0 Å². The largest absolute Gasteiger partial charge is 0.497 e. The first kappa shape index (κ1) is 19.6. The van der Waals surface area contributed by atoms with Gasteiger partial charge in [0.1, 0.15) is 11.5 Å².